The molecule has 0 aliphatic carbocycles. The van der Waals surface area contributed by atoms with Crippen molar-refractivity contribution in [2.24, 2.45) is 0 Å². The Balaban J connectivity index is 2.22. The van der Waals surface area contributed by atoms with Gasteiger partial charge in [-0.1, -0.05) is 6.07 Å². The SMILES string of the molecule is Cc1coc(-c2ccc3ccc(O)cc3n2)c1[N+](=O)[O-]. The average Bonchev–Trinajstić information content (AvgIpc) is 2.80. The quantitative estimate of drug-likeness (QED) is 0.569. The first kappa shape index (κ1) is 12.2. The number of aryl methyl sites for hydroxylation is 1. The second-order valence-corrected chi connectivity index (χ2v) is 4.43. The van der Waals surface area contributed by atoms with Crippen molar-refractivity contribution in [3.8, 4) is 17.2 Å². The van der Waals surface area contributed by atoms with Crippen molar-refractivity contribution in [1.29, 1.82) is 0 Å². The maximum atomic E-state index is 11.1. The van der Waals surface area contributed by atoms with Crippen LogP contribution >= 0.6 is 0 Å². The minimum absolute atomic E-state index is 0.0861. The standard InChI is InChI=1S/C14H10N2O4/c1-8-7-20-14(13(8)16(18)19)11-5-3-9-2-4-10(17)6-12(9)15-11/h2-7,17H,1H3. The summed E-state index contributed by atoms with van der Waals surface area (Å²) >= 11 is 0. The Morgan fingerprint density at radius 3 is 2.80 bits per heavy atom. The van der Waals surface area contributed by atoms with E-state index in [1.54, 1.807) is 31.2 Å². The fourth-order valence-electron chi connectivity index (χ4n) is 2.08. The molecular formula is C14H10N2O4. The minimum atomic E-state index is -0.484. The van der Waals surface area contributed by atoms with Crippen LogP contribution in [0.5, 0.6) is 5.75 Å². The molecule has 0 bridgehead atoms. The van der Waals surface area contributed by atoms with E-state index in [0.717, 1.165) is 5.39 Å². The zero-order valence-corrected chi connectivity index (χ0v) is 10.5. The first-order chi connectivity index (χ1) is 9.56. The van der Waals surface area contributed by atoms with Crippen molar-refractivity contribution in [2.75, 3.05) is 0 Å². The summed E-state index contributed by atoms with van der Waals surface area (Å²) in [4.78, 5) is 14.9. The number of phenols is 1. The molecule has 0 spiro atoms. The molecule has 0 saturated heterocycles. The molecule has 6 heteroatoms. The number of fused-ring (bicyclic) bond motifs is 1. The van der Waals surface area contributed by atoms with Crippen LogP contribution in [-0.4, -0.2) is 15.0 Å². The van der Waals surface area contributed by atoms with Crippen molar-refractivity contribution in [2.45, 2.75) is 6.92 Å². The molecule has 3 rings (SSSR count). The fourth-order valence-corrected chi connectivity index (χ4v) is 2.08. The van der Waals surface area contributed by atoms with Crippen LogP contribution in [0.3, 0.4) is 0 Å². The highest BCUT2D eigenvalue weighted by Gasteiger charge is 2.24. The van der Waals surface area contributed by atoms with Crippen molar-refractivity contribution < 1.29 is 14.4 Å². The average molecular weight is 270 g/mol. The highest BCUT2D eigenvalue weighted by Crippen LogP contribution is 2.34. The van der Waals surface area contributed by atoms with Crippen molar-refractivity contribution >= 4 is 16.6 Å². The molecule has 6 nitrogen and oxygen atoms in total. The molecule has 2 aromatic heterocycles. The van der Waals surface area contributed by atoms with Crippen LogP contribution in [0, 0.1) is 17.0 Å². The molecule has 0 fully saturated rings. The van der Waals surface area contributed by atoms with E-state index >= 15 is 0 Å². The van der Waals surface area contributed by atoms with Crippen LogP contribution in [0.4, 0.5) is 5.69 Å². The Kier molecular flexibility index (Phi) is 2.64. The van der Waals surface area contributed by atoms with Gasteiger partial charge >= 0.3 is 5.69 Å². The lowest BCUT2D eigenvalue weighted by atomic mass is 10.1. The third-order valence-electron chi connectivity index (χ3n) is 3.03. The number of aromatic hydroxyl groups is 1. The molecule has 20 heavy (non-hydrogen) atoms. The van der Waals surface area contributed by atoms with E-state index < -0.39 is 4.92 Å². The molecule has 100 valence electrons. The Labute approximate surface area is 113 Å². The Hall–Kier alpha value is -2.89. The molecule has 0 amide bonds. The van der Waals surface area contributed by atoms with E-state index in [-0.39, 0.29) is 17.2 Å². The molecular weight excluding hydrogens is 260 g/mol. The van der Waals surface area contributed by atoms with Crippen LogP contribution in [-0.2, 0) is 0 Å². The maximum absolute atomic E-state index is 11.1. The number of nitrogens with zero attached hydrogens (tertiary/aromatic N) is 2. The molecule has 0 aliphatic rings. The third kappa shape index (κ3) is 1.87. The Morgan fingerprint density at radius 2 is 2.05 bits per heavy atom. The third-order valence-corrected chi connectivity index (χ3v) is 3.03. The Morgan fingerprint density at radius 1 is 1.30 bits per heavy atom. The highest BCUT2D eigenvalue weighted by molar-refractivity contribution is 5.83. The number of furan rings is 1. The molecule has 1 N–H and O–H groups in total. The van der Waals surface area contributed by atoms with Crippen LogP contribution in [0.1, 0.15) is 5.56 Å². The van der Waals surface area contributed by atoms with Gasteiger partial charge in [0.2, 0.25) is 5.76 Å². The number of hydrogen-bond donors (Lipinski definition) is 1. The fraction of sp³-hybridized carbons (Fsp3) is 0.0714. The number of phenolic OH excluding ortho intramolecular Hbond substituents is 1. The van der Waals surface area contributed by atoms with Crippen LogP contribution in [0.15, 0.2) is 41.0 Å². The number of benzene rings is 1. The van der Waals surface area contributed by atoms with E-state index in [1.807, 2.05) is 0 Å². The van der Waals surface area contributed by atoms with Gasteiger partial charge in [0.05, 0.1) is 16.0 Å². The summed E-state index contributed by atoms with van der Waals surface area (Å²) < 4.78 is 5.26. The van der Waals surface area contributed by atoms with Gasteiger partial charge in [-0.2, -0.15) is 0 Å². The van der Waals surface area contributed by atoms with Crippen molar-refractivity contribution in [1.82, 2.24) is 4.98 Å². The summed E-state index contributed by atoms with van der Waals surface area (Å²) in [7, 11) is 0. The molecule has 0 unspecified atom stereocenters. The van der Waals surface area contributed by atoms with E-state index in [4.69, 9.17) is 4.42 Å². The lowest BCUT2D eigenvalue weighted by molar-refractivity contribution is -0.384. The van der Waals surface area contributed by atoms with Gasteiger partial charge < -0.3 is 9.52 Å². The van der Waals surface area contributed by atoms with E-state index in [2.05, 4.69) is 4.98 Å². The summed E-state index contributed by atoms with van der Waals surface area (Å²) in [5.41, 5.74) is 1.27. The summed E-state index contributed by atoms with van der Waals surface area (Å²) in [5.74, 6) is 0.213. The van der Waals surface area contributed by atoms with Gasteiger partial charge in [0.25, 0.3) is 0 Å². The normalized spacial score (nSPS) is 10.8. The largest absolute Gasteiger partial charge is 0.508 e. The zero-order chi connectivity index (χ0) is 14.3. The molecule has 3 aromatic rings. The van der Waals surface area contributed by atoms with E-state index in [0.29, 0.717) is 16.8 Å². The number of pyridine rings is 1. The molecule has 0 saturated carbocycles. The molecule has 0 aliphatic heterocycles. The first-order valence-corrected chi connectivity index (χ1v) is 5.89. The Bertz CT molecular complexity index is 823. The van der Waals surface area contributed by atoms with E-state index in [9.17, 15) is 15.2 Å². The number of aromatic nitrogens is 1. The lowest BCUT2D eigenvalue weighted by Crippen LogP contribution is -1.92. The zero-order valence-electron chi connectivity index (χ0n) is 10.5. The van der Waals surface area contributed by atoms with Gasteiger partial charge in [0.15, 0.2) is 0 Å². The summed E-state index contributed by atoms with van der Waals surface area (Å²) in [6.07, 6.45) is 1.34. The predicted molar refractivity (Wildman–Crippen MR) is 72.5 cm³/mol. The van der Waals surface area contributed by atoms with Crippen LogP contribution in [0.2, 0.25) is 0 Å². The topological polar surface area (TPSA) is 89.4 Å². The predicted octanol–water partition coefficient (Wildman–Crippen LogP) is 3.42. The van der Waals surface area contributed by atoms with Gasteiger partial charge in [-0.25, -0.2) is 4.98 Å². The van der Waals surface area contributed by atoms with Gasteiger partial charge in [0.1, 0.15) is 17.7 Å². The monoisotopic (exact) mass is 270 g/mol. The van der Waals surface area contributed by atoms with Gasteiger partial charge in [-0.05, 0) is 25.1 Å². The maximum Gasteiger partial charge on any atom is 0.319 e. The van der Waals surface area contributed by atoms with Gasteiger partial charge in [-0.15, -0.1) is 0 Å². The molecule has 2 heterocycles. The lowest BCUT2D eigenvalue weighted by Gasteiger charge is -2.01. The van der Waals surface area contributed by atoms with Crippen molar-refractivity contribution in [3.05, 3.63) is 52.3 Å². The minimum Gasteiger partial charge on any atom is -0.508 e. The number of nitro groups is 1. The van der Waals surface area contributed by atoms with E-state index in [1.165, 1.54) is 12.3 Å². The summed E-state index contributed by atoms with van der Waals surface area (Å²) in [5, 5.41) is 21.4. The smallest absolute Gasteiger partial charge is 0.319 e. The number of hydrogen-bond acceptors (Lipinski definition) is 5. The molecule has 1 aromatic carbocycles. The van der Waals surface area contributed by atoms with Gasteiger partial charge in [0, 0.05) is 11.5 Å². The molecule has 0 atom stereocenters. The number of rotatable bonds is 2. The summed E-state index contributed by atoms with van der Waals surface area (Å²) in [6.45, 7) is 1.61. The van der Waals surface area contributed by atoms with Crippen LogP contribution < -0.4 is 0 Å². The van der Waals surface area contributed by atoms with Crippen LogP contribution in [0.25, 0.3) is 22.4 Å². The van der Waals surface area contributed by atoms with Gasteiger partial charge in [-0.3, -0.25) is 10.1 Å². The highest BCUT2D eigenvalue weighted by atomic mass is 16.6. The second-order valence-electron chi connectivity index (χ2n) is 4.43. The second kappa shape index (κ2) is 4.34. The molecule has 0 radical (unpaired) electrons. The first-order valence-electron chi connectivity index (χ1n) is 5.89. The summed E-state index contributed by atoms with van der Waals surface area (Å²) in [6, 6.07) is 8.22. The van der Waals surface area contributed by atoms with Crippen molar-refractivity contribution in [3.63, 3.8) is 0 Å².